The second-order valence-corrected chi connectivity index (χ2v) is 7.69. The molecule has 1 heterocycles. The minimum atomic E-state index is -0.750. The van der Waals surface area contributed by atoms with Crippen LogP contribution in [0.5, 0.6) is 0 Å². The molecule has 1 saturated carbocycles. The summed E-state index contributed by atoms with van der Waals surface area (Å²) in [6.45, 7) is 2.48. The number of nitrogens with zero attached hydrogens (tertiary/aromatic N) is 2. The van der Waals surface area contributed by atoms with Crippen molar-refractivity contribution < 1.29 is 14.0 Å². The van der Waals surface area contributed by atoms with Gasteiger partial charge in [-0.25, -0.2) is 14.1 Å². The van der Waals surface area contributed by atoms with E-state index in [4.69, 9.17) is 11.6 Å². The van der Waals surface area contributed by atoms with Crippen molar-refractivity contribution in [2.24, 2.45) is 5.92 Å². The molecule has 1 saturated heterocycles. The third-order valence-corrected chi connectivity index (χ3v) is 5.60. The van der Waals surface area contributed by atoms with E-state index < -0.39 is 11.4 Å². The maximum absolute atomic E-state index is 13.9. The third kappa shape index (κ3) is 3.51. The number of urea groups is 1. The highest BCUT2D eigenvalue weighted by Gasteiger charge is 2.52. The van der Waals surface area contributed by atoms with Crippen molar-refractivity contribution in [3.05, 3.63) is 34.6 Å². The number of imide groups is 1. The smallest absolute Gasteiger partial charge is 0.323 e. The summed E-state index contributed by atoms with van der Waals surface area (Å²) in [5, 5.41) is 3.23. The molecule has 1 aliphatic carbocycles. The Labute approximate surface area is 152 Å². The van der Waals surface area contributed by atoms with E-state index in [2.05, 4.69) is 12.2 Å². The molecule has 0 radical (unpaired) electrons. The third-order valence-electron chi connectivity index (χ3n) is 5.25. The van der Waals surface area contributed by atoms with Crippen molar-refractivity contribution in [3.8, 4) is 0 Å². The van der Waals surface area contributed by atoms with E-state index in [0.717, 1.165) is 12.8 Å². The molecule has 1 aromatic carbocycles. The van der Waals surface area contributed by atoms with Crippen LogP contribution in [0.1, 0.15) is 38.2 Å². The molecule has 0 aromatic heterocycles. The van der Waals surface area contributed by atoms with E-state index in [-0.39, 0.29) is 25.2 Å². The summed E-state index contributed by atoms with van der Waals surface area (Å²) in [6, 6.07) is 4.15. The van der Waals surface area contributed by atoms with Crippen molar-refractivity contribution in [1.82, 2.24) is 15.1 Å². The number of halogens is 2. The molecule has 3 amide bonds. The maximum Gasteiger partial charge on any atom is 0.326 e. The lowest BCUT2D eigenvalue weighted by atomic mass is 9.77. The quantitative estimate of drug-likeness (QED) is 0.830. The second-order valence-electron chi connectivity index (χ2n) is 7.28. The SMILES string of the molecule is CC1CCC2(CC1)NC(=O)N(CN(C)Cc1c(F)cccc1Cl)C2=O. The van der Waals surface area contributed by atoms with Gasteiger partial charge in [0.15, 0.2) is 0 Å². The summed E-state index contributed by atoms with van der Waals surface area (Å²) in [6.07, 6.45) is 3.22. The van der Waals surface area contributed by atoms with Crippen LogP contribution in [0.25, 0.3) is 0 Å². The van der Waals surface area contributed by atoms with Crippen molar-refractivity contribution in [1.29, 1.82) is 0 Å². The van der Waals surface area contributed by atoms with Gasteiger partial charge in [-0.2, -0.15) is 0 Å². The highest BCUT2D eigenvalue weighted by Crippen LogP contribution is 2.36. The average molecular weight is 368 g/mol. The van der Waals surface area contributed by atoms with Crippen LogP contribution in [-0.4, -0.2) is 41.0 Å². The van der Waals surface area contributed by atoms with Gasteiger partial charge in [-0.15, -0.1) is 0 Å². The number of carbonyl (C=O) groups excluding carboxylic acids is 2. The lowest BCUT2D eigenvalue weighted by Gasteiger charge is -2.33. The minimum Gasteiger partial charge on any atom is -0.323 e. The molecule has 1 aromatic rings. The van der Waals surface area contributed by atoms with E-state index in [0.29, 0.717) is 29.3 Å². The predicted molar refractivity (Wildman–Crippen MR) is 93.5 cm³/mol. The van der Waals surface area contributed by atoms with Crippen LogP contribution in [0.15, 0.2) is 18.2 Å². The zero-order chi connectivity index (χ0) is 18.2. The normalized spacial score (nSPS) is 26.6. The van der Waals surface area contributed by atoms with Crippen LogP contribution in [0.4, 0.5) is 9.18 Å². The number of amides is 3. The van der Waals surface area contributed by atoms with Crippen LogP contribution in [0, 0.1) is 11.7 Å². The summed E-state index contributed by atoms with van der Waals surface area (Å²) >= 11 is 6.05. The summed E-state index contributed by atoms with van der Waals surface area (Å²) in [4.78, 5) is 28.1. The molecule has 3 rings (SSSR count). The van der Waals surface area contributed by atoms with E-state index in [1.54, 1.807) is 24.1 Å². The number of hydrogen-bond acceptors (Lipinski definition) is 3. The lowest BCUT2D eigenvalue weighted by molar-refractivity contribution is -0.134. The number of benzene rings is 1. The zero-order valence-corrected chi connectivity index (χ0v) is 15.3. The van der Waals surface area contributed by atoms with Gasteiger partial charge in [-0.3, -0.25) is 9.69 Å². The van der Waals surface area contributed by atoms with Gasteiger partial charge in [0.05, 0.1) is 6.67 Å². The summed E-state index contributed by atoms with van der Waals surface area (Å²) < 4.78 is 13.9. The van der Waals surface area contributed by atoms with Gasteiger partial charge in [0.1, 0.15) is 11.4 Å². The van der Waals surface area contributed by atoms with Gasteiger partial charge in [0, 0.05) is 17.1 Å². The number of rotatable bonds is 4. The Balaban J connectivity index is 1.68. The van der Waals surface area contributed by atoms with Gasteiger partial charge in [-0.05, 0) is 50.8 Å². The zero-order valence-electron chi connectivity index (χ0n) is 14.5. The fraction of sp³-hybridized carbons (Fsp3) is 0.556. The number of carbonyl (C=O) groups is 2. The molecule has 1 spiro atoms. The molecule has 1 N–H and O–H groups in total. The first-order valence-corrected chi connectivity index (χ1v) is 8.96. The predicted octanol–water partition coefficient (Wildman–Crippen LogP) is 3.37. The molecular formula is C18H23ClFN3O2. The van der Waals surface area contributed by atoms with Crippen molar-refractivity contribution >= 4 is 23.5 Å². The molecule has 2 fully saturated rings. The van der Waals surface area contributed by atoms with Crippen molar-refractivity contribution in [3.63, 3.8) is 0 Å². The molecular weight excluding hydrogens is 345 g/mol. The summed E-state index contributed by atoms with van der Waals surface area (Å²) in [5.41, 5.74) is -0.389. The highest BCUT2D eigenvalue weighted by molar-refractivity contribution is 6.31. The van der Waals surface area contributed by atoms with Crippen LogP contribution in [-0.2, 0) is 11.3 Å². The molecule has 2 aliphatic rings. The summed E-state index contributed by atoms with van der Waals surface area (Å²) in [7, 11) is 1.73. The van der Waals surface area contributed by atoms with E-state index in [1.807, 2.05) is 0 Å². The van der Waals surface area contributed by atoms with Crippen LogP contribution in [0.2, 0.25) is 5.02 Å². The fourth-order valence-electron chi connectivity index (χ4n) is 3.64. The molecule has 7 heteroatoms. The molecule has 0 atom stereocenters. The van der Waals surface area contributed by atoms with E-state index >= 15 is 0 Å². The number of hydrogen-bond donors (Lipinski definition) is 1. The monoisotopic (exact) mass is 367 g/mol. The largest absolute Gasteiger partial charge is 0.326 e. The Kier molecular flexibility index (Phi) is 5.02. The lowest BCUT2D eigenvalue weighted by Crippen LogP contribution is -2.49. The Hall–Kier alpha value is -1.66. The Morgan fingerprint density at radius 2 is 2.04 bits per heavy atom. The van der Waals surface area contributed by atoms with E-state index in [1.165, 1.54) is 11.0 Å². The van der Waals surface area contributed by atoms with Crippen molar-refractivity contribution in [2.75, 3.05) is 13.7 Å². The fourth-order valence-corrected chi connectivity index (χ4v) is 3.87. The first kappa shape index (κ1) is 18.1. The van der Waals surface area contributed by atoms with Gasteiger partial charge in [0.25, 0.3) is 5.91 Å². The highest BCUT2D eigenvalue weighted by atomic mass is 35.5. The van der Waals surface area contributed by atoms with Crippen molar-refractivity contribution in [2.45, 2.75) is 44.7 Å². The standard InChI is InChI=1S/C18H23ClFN3O2/c1-12-6-8-18(9-7-12)16(24)23(17(25)21-18)11-22(2)10-13-14(19)4-3-5-15(13)20/h3-5,12H,6-11H2,1-2H3,(H,21,25). The minimum absolute atomic E-state index is 0.104. The van der Waals surface area contributed by atoms with Crippen LogP contribution in [0.3, 0.4) is 0 Å². The molecule has 5 nitrogen and oxygen atoms in total. The molecule has 0 bridgehead atoms. The molecule has 1 aliphatic heterocycles. The second kappa shape index (κ2) is 6.92. The maximum atomic E-state index is 13.9. The summed E-state index contributed by atoms with van der Waals surface area (Å²) in [5.74, 6) is 0.0143. The van der Waals surface area contributed by atoms with Crippen LogP contribution < -0.4 is 5.32 Å². The van der Waals surface area contributed by atoms with Gasteiger partial charge in [-0.1, -0.05) is 24.6 Å². The topological polar surface area (TPSA) is 52.7 Å². The molecule has 136 valence electrons. The first-order valence-electron chi connectivity index (χ1n) is 8.58. The number of nitrogens with one attached hydrogen (secondary N) is 1. The molecule has 0 unspecified atom stereocenters. The molecule has 25 heavy (non-hydrogen) atoms. The van der Waals surface area contributed by atoms with Gasteiger partial charge < -0.3 is 5.32 Å². The van der Waals surface area contributed by atoms with Crippen LogP contribution >= 0.6 is 11.6 Å². The van der Waals surface area contributed by atoms with Gasteiger partial charge >= 0.3 is 6.03 Å². The van der Waals surface area contributed by atoms with E-state index in [9.17, 15) is 14.0 Å². The Morgan fingerprint density at radius 3 is 2.68 bits per heavy atom. The Bertz CT molecular complexity index is 669. The van der Waals surface area contributed by atoms with Gasteiger partial charge in [0.2, 0.25) is 0 Å². The average Bonchev–Trinajstić information content (AvgIpc) is 2.79. The first-order chi connectivity index (χ1) is 11.8. The Morgan fingerprint density at radius 1 is 1.36 bits per heavy atom.